The second-order valence-electron chi connectivity index (χ2n) is 5.58. The SMILES string of the molecule is CCOc1c(/C=C2\C(=O)Nc3cc(C(=O)OC)ccc32)cccc1OC. The highest BCUT2D eigenvalue weighted by atomic mass is 16.5. The molecule has 1 aliphatic heterocycles. The Balaban J connectivity index is 2.07. The van der Waals surface area contributed by atoms with Crippen LogP contribution in [0, 0.1) is 0 Å². The summed E-state index contributed by atoms with van der Waals surface area (Å²) in [7, 11) is 2.89. The summed E-state index contributed by atoms with van der Waals surface area (Å²) in [4.78, 5) is 24.1. The number of para-hydroxylation sites is 1. The minimum Gasteiger partial charge on any atom is -0.493 e. The molecule has 0 atom stereocenters. The van der Waals surface area contributed by atoms with Crippen molar-refractivity contribution in [3.05, 3.63) is 53.1 Å². The molecule has 0 aromatic heterocycles. The van der Waals surface area contributed by atoms with Crippen molar-refractivity contribution in [2.75, 3.05) is 26.1 Å². The molecule has 6 nitrogen and oxygen atoms in total. The molecule has 3 rings (SSSR count). The molecule has 1 aliphatic rings. The molecular weight excluding hydrogens is 334 g/mol. The number of carbonyl (C=O) groups is 2. The van der Waals surface area contributed by atoms with Crippen LogP contribution in [-0.4, -0.2) is 32.7 Å². The quantitative estimate of drug-likeness (QED) is 0.659. The summed E-state index contributed by atoms with van der Waals surface area (Å²) in [6.07, 6.45) is 1.76. The van der Waals surface area contributed by atoms with Crippen molar-refractivity contribution in [2.24, 2.45) is 0 Å². The Morgan fingerprint density at radius 3 is 2.69 bits per heavy atom. The van der Waals surface area contributed by atoms with E-state index in [0.29, 0.717) is 40.5 Å². The first kappa shape index (κ1) is 17.5. The van der Waals surface area contributed by atoms with Crippen LogP contribution in [-0.2, 0) is 9.53 Å². The van der Waals surface area contributed by atoms with Gasteiger partial charge in [0.05, 0.1) is 26.4 Å². The third-order valence-electron chi connectivity index (χ3n) is 4.04. The van der Waals surface area contributed by atoms with Gasteiger partial charge in [-0.2, -0.15) is 0 Å². The fourth-order valence-corrected chi connectivity index (χ4v) is 2.84. The number of benzene rings is 2. The second kappa shape index (κ2) is 7.31. The summed E-state index contributed by atoms with van der Waals surface area (Å²) < 4.78 is 15.8. The van der Waals surface area contributed by atoms with Gasteiger partial charge in [-0.15, -0.1) is 0 Å². The van der Waals surface area contributed by atoms with Crippen LogP contribution in [0.1, 0.15) is 28.4 Å². The normalized spacial score (nSPS) is 14.0. The lowest BCUT2D eigenvalue weighted by molar-refractivity contribution is -0.110. The number of hydrogen-bond donors (Lipinski definition) is 1. The van der Waals surface area contributed by atoms with Crippen molar-refractivity contribution < 1.29 is 23.8 Å². The minimum atomic E-state index is -0.453. The van der Waals surface area contributed by atoms with Gasteiger partial charge in [-0.05, 0) is 31.2 Å². The van der Waals surface area contributed by atoms with E-state index in [-0.39, 0.29) is 5.91 Å². The maximum atomic E-state index is 12.4. The van der Waals surface area contributed by atoms with Crippen molar-refractivity contribution >= 4 is 29.2 Å². The maximum absolute atomic E-state index is 12.4. The van der Waals surface area contributed by atoms with Crippen LogP contribution in [0.5, 0.6) is 11.5 Å². The number of anilines is 1. The van der Waals surface area contributed by atoms with Crippen molar-refractivity contribution in [3.63, 3.8) is 0 Å². The Morgan fingerprint density at radius 1 is 1.19 bits per heavy atom. The first-order valence-corrected chi connectivity index (χ1v) is 8.14. The average molecular weight is 353 g/mol. The number of ether oxygens (including phenoxy) is 3. The van der Waals surface area contributed by atoms with E-state index in [2.05, 4.69) is 5.32 Å². The van der Waals surface area contributed by atoms with Gasteiger partial charge in [0, 0.05) is 22.4 Å². The van der Waals surface area contributed by atoms with Crippen LogP contribution in [0.3, 0.4) is 0 Å². The summed E-state index contributed by atoms with van der Waals surface area (Å²) >= 11 is 0. The molecule has 1 heterocycles. The number of amides is 1. The Labute approximate surface area is 151 Å². The molecule has 0 radical (unpaired) electrons. The standard InChI is InChI=1S/C20H19NO5/c1-4-26-18-12(6-5-7-17(18)24-2)10-15-14-9-8-13(20(23)25-3)11-16(14)21-19(15)22/h5-11H,4H2,1-3H3,(H,21,22)/b15-10-. The fourth-order valence-electron chi connectivity index (χ4n) is 2.84. The molecule has 26 heavy (non-hydrogen) atoms. The number of carbonyl (C=O) groups excluding carboxylic acids is 2. The van der Waals surface area contributed by atoms with Crippen LogP contribution in [0.4, 0.5) is 5.69 Å². The van der Waals surface area contributed by atoms with Gasteiger partial charge >= 0.3 is 5.97 Å². The van der Waals surface area contributed by atoms with Crippen molar-refractivity contribution in [3.8, 4) is 11.5 Å². The number of fused-ring (bicyclic) bond motifs is 1. The molecule has 0 fully saturated rings. The van der Waals surface area contributed by atoms with Crippen molar-refractivity contribution in [1.82, 2.24) is 0 Å². The van der Waals surface area contributed by atoms with Crippen LogP contribution < -0.4 is 14.8 Å². The third-order valence-corrected chi connectivity index (χ3v) is 4.04. The molecular formula is C20H19NO5. The molecule has 0 saturated carbocycles. The molecule has 0 spiro atoms. The van der Waals surface area contributed by atoms with E-state index in [1.54, 1.807) is 37.5 Å². The second-order valence-corrected chi connectivity index (χ2v) is 5.58. The number of rotatable bonds is 5. The van der Waals surface area contributed by atoms with Gasteiger partial charge in [0.25, 0.3) is 5.91 Å². The summed E-state index contributed by atoms with van der Waals surface area (Å²) in [6.45, 7) is 2.36. The molecule has 0 unspecified atom stereocenters. The molecule has 0 bridgehead atoms. The first-order chi connectivity index (χ1) is 12.6. The maximum Gasteiger partial charge on any atom is 0.337 e. The first-order valence-electron chi connectivity index (χ1n) is 8.14. The Hall–Kier alpha value is -3.28. The molecule has 2 aromatic rings. The van der Waals surface area contributed by atoms with Crippen LogP contribution >= 0.6 is 0 Å². The fraction of sp³-hybridized carbons (Fsp3) is 0.200. The zero-order valence-corrected chi connectivity index (χ0v) is 14.8. The van der Waals surface area contributed by atoms with Crippen LogP contribution in [0.2, 0.25) is 0 Å². The molecule has 134 valence electrons. The van der Waals surface area contributed by atoms with Gasteiger partial charge in [-0.1, -0.05) is 18.2 Å². The summed E-state index contributed by atoms with van der Waals surface area (Å²) in [5, 5.41) is 2.78. The van der Waals surface area contributed by atoms with Gasteiger partial charge in [-0.25, -0.2) is 4.79 Å². The van der Waals surface area contributed by atoms with Crippen molar-refractivity contribution in [1.29, 1.82) is 0 Å². The smallest absolute Gasteiger partial charge is 0.337 e. The summed E-state index contributed by atoms with van der Waals surface area (Å²) in [5.41, 5.74) is 2.90. The number of hydrogen-bond acceptors (Lipinski definition) is 5. The summed E-state index contributed by atoms with van der Waals surface area (Å²) in [6, 6.07) is 10.5. The highest BCUT2D eigenvalue weighted by molar-refractivity contribution is 6.35. The highest BCUT2D eigenvalue weighted by Crippen LogP contribution is 2.38. The van der Waals surface area contributed by atoms with Crippen LogP contribution in [0.25, 0.3) is 11.6 Å². The monoisotopic (exact) mass is 353 g/mol. The lowest BCUT2D eigenvalue weighted by Crippen LogP contribution is -2.05. The van der Waals surface area contributed by atoms with E-state index >= 15 is 0 Å². The topological polar surface area (TPSA) is 73.9 Å². The van der Waals surface area contributed by atoms with E-state index in [1.165, 1.54) is 7.11 Å². The predicted octanol–water partition coefficient (Wildman–Crippen LogP) is 3.37. The van der Waals surface area contributed by atoms with Crippen LogP contribution in [0.15, 0.2) is 36.4 Å². The highest BCUT2D eigenvalue weighted by Gasteiger charge is 2.26. The minimum absolute atomic E-state index is 0.243. The third kappa shape index (κ3) is 3.13. The Bertz CT molecular complexity index is 901. The van der Waals surface area contributed by atoms with E-state index in [9.17, 15) is 9.59 Å². The molecule has 6 heteroatoms. The van der Waals surface area contributed by atoms with E-state index in [0.717, 1.165) is 5.56 Å². The molecule has 1 N–H and O–H groups in total. The zero-order valence-electron chi connectivity index (χ0n) is 14.8. The number of methoxy groups -OCH3 is 2. The van der Waals surface area contributed by atoms with E-state index in [4.69, 9.17) is 14.2 Å². The Kier molecular flexibility index (Phi) is 4.93. The van der Waals surface area contributed by atoms with Gasteiger partial charge in [-0.3, -0.25) is 4.79 Å². The molecule has 1 amide bonds. The lowest BCUT2D eigenvalue weighted by atomic mass is 10.0. The van der Waals surface area contributed by atoms with Gasteiger partial charge in [0.2, 0.25) is 0 Å². The van der Waals surface area contributed by atoms with E-state index in [1.807, 2.05) is 19.1 Å². The van der Waals surface area contributed by atoms with Crippen molar-refractivity contribution in [2.45, 2.75) is 6.92 Å². The largest absolute Gasteiger partial charge is 0.493 e. The number of esters is 1. The average Bonchev–Trinajstić information content (AvgIpc) is 2.97. The zero-order chi connectivity index (χ0) is 18.7. The lowest BCUT2D eigenvalue weighted by Gasteiger charge is -2.12. The number of nitrogens with one attached hydrogen (secondary N) is 1. The van der Waals surface area contributed by atoms with Gasteiger partial charge < -0.3 is 19.5 Å². The molecule has 0 aliphatic carbocycles. The Morgan fingerprint density at radius 2 is 2.00 bits per heavy atom. The van der Waals surface area contributed by atoms with E-state index < -0.39 is 5.97 Å². The van der Waals surface area contributed by atoms with Gasteiger partial charge in [0.15, 0.2) is 11.5 Å². The van der Waals surface area contributed by atoms with Gasteiger partial charge in [0.1, 0.15) is 0 Å². The molecule has 2 aromatic carbocycles. The summed E-state index contributed by atoms with van der Waals surface area (Å²) in [5.74, 6) is 0.483. The predicted molar refractivity (Wildman–Crippen MR) is 98.4 cm³/mol. The molecule has 0 saturated heterocycles.